The van der Waals surface area contributed by atoms with Gasteiger partial charge in [0.05, 0.1) is 26.9 Å². The first kappa shape index (κ1) is 20.4. The van der Waals surface area contributed by atoms with Crippen molar-refractivity contribution >= 4 is 6.03 Å². The summed E-state index contributed by atoms with van der Waals surface area (Å²) in [4.78, 5) is 11.9. The Balaban J connectivity index is 1.63. The summed E-state index contributed by atoms with van der Waals surface area (Å²) in [6.07, 6.45) is 5.94. The van der Waals surface area contributed by atoms with Crippen LogP contribution in [-0.4, -0.2) is 46.1 Å². The van der Waals surface area contributed by atoms with Crippen LogP contribution in [0.15, 0.2) is 18.2 Å². The average Bonchev–Trinajstić information content (AvgIpc) is 2.66. The second-order valence-electron chi connectivity index (χ2n) is 6.78. The summed E-state index contributed by atoms with van der Waals surface area (Å²) in [6, 6.07) is 5.48. The van der Waals surface area contributed by atoms with Crippen LogP contribution in [0.5, 0.6) is 11.5 Å². The molecule has 2 amide bonds. The van der Waals surface area contributed by atoms with Gasteiger partial charge in [0.2, 0.25) is 0 Å². The van der Waals surface area contributed by atoms with Crippen LogP contribution in [-0.2, 0) is 11.2 Å². The SMILES string of the molecule is COc1ccc(OC)c(CCNC(=O)NCCOC2CCCCC2C)c1. The normalized spacial score (nSPS) is 19.7. The number of hydrogen-bond acceptors (Lipinski definition) is 4. The molecule has 2 N–H and O–H groups in total. The lowest BCUT2D eigenvalue weighted by Gasteiger charge is -2.28. The van der Waals surface area contributed by atoms with Crippen LogP contribution in [0.25, 0.3) is 0 Å². The number of nitrogens with one attached hydrogen (secondary N) is 2. The number of amides is 2. The Bertz CT molecular complexity index is 565. The van der Waals surface area contributed by atoms with E-state index in [1.807, 2.05) is 18.2 Å². The molecule has 0 spiro atoms. The Morgan fingerprint density at radius 2 is 1.88 bits per heavy atom. The number of carbonyl (C=O) groups excluding carboxylic acids is 1. The molecule has 0 aliphatic heterocycles. The minimum Gasteiger partial charge on any atom is -0.497 e. The van der Waals surface area contributed by atoms with Gasteiger partial charge in [0, 0.05) is 13.1 Å². The van der Waals surface area contributed by atoms with E-state index in [2.05, 4.69) is 17.6 Å². The Kier molecular flexibility index (Phi) is 8.54. The first-order valence-electron chi connectivity index (χ1n) is 9.48. The zero-order valence-electron chi connectivity index (χ0n) is 16.2. The van der Waals surface area contributed by atoms with Gasteiger partial charge in [-0.2, -0.15) is 0 Å². The number of urea groups is 1. The quantitative estimate of drug-likeness (QED) is 0.661. The van der Waals surface area contributed by atoms with Gasteiger partial charge < -0.3 is 24.8 Å². The maximum absolute atomic E-state index is 11.9. The van der Waals surface area contributed by atoms with Crippen LogP contribution in [0.4, 0.5) is 4.79 Å². The molecule has 1 aliphatic carbocycles. The zero-order valence-corrected chi connectivity index (χ0v) is 16.2. The molecule has 1 aliphatic rings. The first-order chi connectivity index (χ1) is 12.6. The standard InChI is InChI=1S/C20H32N2O4/c1-15-6-4-5-7-18(15)26-13-12-22-20(23)21-11-10-16-14-17(24-2)8-9-19(16)25-3/h8-9,14-15,18H,4-7,10-13H2,1-3H3,(H2,21,22,23). The van der Waals surface area contributed by atoms with Gasteiger partial charge in [-0.05, 0) is 48.9 Å². The average molecular weight is 364 g/mol. The van der Waals surface area contributed by atoms with E-state index in [4.69, 9.17) is 14.2 Å². The minimum absolute atomic E-state index is 0.174. The number of hydrogen-bond donors (Lipinski definition) is 2. The van der Waals surface area contributed by atoms with Gasteiger partial charge in [0.1, 0.15) is 11.5 Å². The fraction of sp³-hybridized carbons (Fsp3) is 0.650. The first-order valence-corrected chi connectivity index (χ1v) is 9.48. The molecule has 1 aromatic carbocycles. The number of methoxy groups -OCH3 is 2. The van der Waals surface area contributed by atoms with Crippen LogP contribution in [0, 0.1) is 5.92 Å². The van der Waals surface area contributed by atoms with Crippen LogP contribution in [0.2, 0.25) is 0 Å². The summed E-state index contributed by atoms with van der Waals surface area (Å²) in [7, 11) is 3.27. The molecule has 0 aromatic heterocycles. The molecule has 146 valence electrons. The number of ether oxygens (including phenoxy) is 3. The van der Waals surface area contributed by atoms with E-state index in [1.54, 1.807) is 14.2 Å². The molecule has 6 nitrogen and oxygen atoms in total. The maximum Gasteiger partial charge on any atom is 0.314 e. The lowest BCUT2D eigenvalue weighted by molar-refractivity contribution is -0.00242. The van der Waals surface area contributed by atoms with E-state index in [9.17, 15) is 4.79 Å². The largest absolute Gasteiger partial charge is 0.497 e. The molecule has 0 radical (unpaired) electrons. The van der Waals surface area contributed by atoms with E-state index in [0.717, 1.165) is 23.5 Å². The van der Waals surface area contributed by atoms with Gasteiger partial charge in [-0.15, -0.1) is 0 Å². The van der Waals surface area contributed by atoms with Gasteiger partial charge in [-0.1, -0.05) is 19.8 Å². The van der Waals surface area contributed by atoms with Crippen molar-refractivity contribution in [1.29, 1.82) is 0 Å². The van der Waals surface area contributed by atoms with Crippen molar-refractivity contribution in [1.82, 2.24) is 10.6 Å². The third-order valence-corrected chi connectivity index (χ3v) is 4.92. The monoisotopic (exact) mass is 364 g/mol. The Morgan fingerprint density at radius 3 is 2.62 bits per heavy atom. The fourth-order valence-corrected chi connectivity index (χ4v) is 3.36. The van der Waals surface area contributed by atoms with Gasteiger partial charge in [-0.25, -0.2) is 4.79 Å². The van der Waals surface area contributed by atoms with Crippen molar-refractivity contribution in [2.45, 2.75) is 45.1 Å². The molecule has 2 rings (SSSR count). The molecule has 0 saturated heterocycles. The van der Waals surface area contributed by atoms with Crippen molar-refractivity contribution in [3.05, 3.63) is 23.8 Å². The van der Waals surface area contributed by atoms with E-state index < -0.39 is 0 Å². The maximum atomic E-state index is 11.9. The van der Waals surface area contributed by atoms with Crippen LogP contribution >= 0.6 is 0 Å². The second kappa shape index (κ2) is 10.9. The molecular formula is C20H32N2O4. The predicted molar refractivity (Wildman–Crippen MR) is 102 cm³/mol. The summed E-state index contributed by atoms with van der Waals surface area (Å²) in [5, 5.41) is 5.71. The highest BCUT2D eigenvalue weighted by Crippen LogP contribution is 2.26. The molecule has 0 heterocycles. The van der Waals surface area contributed by atoms with E-state index in [1.165, 1.54) is 19.3 Å². The van der Waals surface area contributed by atoms with Crippen molar-refractivity contribution < 1.29 is 19.0 Å². The Labute approximate surface area is 156 Å². The summed E-state index contributed by atoms with van der Waals surface area (Å²) in [5.74, 6) is 2.19. The third kappa shape index (κ3) is 6.41. The Hall–Kier alpha value is -1.95. The summed E-state index contributed by atoms with van der Waals surface area (Å²) >= 11 is 0. The van der Waals surface area contributed by atoms with E-state index in [-0.39, 0.29) is 6.03 Å². The minimum atomic E-state index is -0.174. The number of rotatable bonds is 9. The lowest BCUT2D eigenvalue weighted by Crippen LogP contribution is -2.39. The number of carbonyl (C=O) groups is 1. The molecule has 0 bridgehead atoms. The Morgan fingerprint density at radius 1 is 1.12 bits per heavy atom. The predicted octanol–water partition coefficient (Wildman–Crippen LogP) is 3.14. The van der Waals surface area contributed by atoms with Crippen molar-refractivity contribution in [2.24, 2.45) is 5.92 Å². The fourth-order valence-electron chi connectivity index (χ4n) is 3.36. The van der Waals surface area contributed by atoms with Crippen molar-refractivity contribution in [2.75, 3.05) is 33.9 Å². The zero-order chi connectivity index (χ0) is 18.8. The molecule has 2 unspecified atom stereocenters. The molecular weight excluding hydrogens is 332 g/mol. The smallest absolute Gasteiger partial charge is 0.314 e. The molecule has 26 heavy (non-hydrogen) atoms. The van der Waals surface area contributed by atoms with Crippen LogP contribution in [0.3, 0.4) is 0 Å². The van der Waals surface area contributed by atoms with Crippen LogP contribution < -0.4 is 20.1 Å². The van der Waals surface area contributed by atoms with Gasteiger partial charge in [0.15, 0.2) is 0 Å². The topological polar surface area (TPSA) is 68.8 Å². The molecule has 1 fully saturated rings. The number of benzene rings is 1. The molecule has 1 aromatic rings. The van der Waals surface area contributed by atoms with Gasteiger partial charge in [0.25, 0.3) is 0 Å². The highest BCUT2D eigenvalue weighted by Gasteiger charge is 2.21. The van der Waals surface area contributed by atoms with Crippen LogP contribution in [0.1, 0.15) is 38.2 Å². The summed E-state index contributed by atoms with van der Waals surface area (Å²) in [5.41, 5.74) is 1.00. The summed E-state index contributed by atoms with van der Waals surface area (Å²) in [6.45, 7) is 3.86. The third-order valence-electron chi connectivity index (χ3n) is 4.92. The molecule has 1 saturated carbocycles. The summed E-state index contributed by atoms with van der Waals surface area (Å²) < 4.78 is 16.5. The highest BCUT2D eigenvalue weighted by atomic mass is 16.5. The molecule has 2 atom stereocenters. The van der Waals surface area contributed by atoms with Gasteiger partial charge >= 0.3 is 6.03 Å². The molecule has 6 heteroatoms. The van der Waals surface area contributed by atoms with Crippen molar-refractivity contribution in [3.8, 4) is 11.5 Å². The lowest BCUT2D eigenvalue weighted by atomic mass is 9.88. The van der Waals surface area contributed by atoms with E-state index >= 15 is 0 Å². The highest BCUT2D eigenvalue weighted by molar-refractivity contribution is 5.73. The van der Waals surface area contributed by atoms with Gasteiger partial charge in [-0.3, -0.25) is 0 Å². The van der Waals surface area contributed by atoms with E-state index in [0.29, 0.717) is 38.1 Å². The van der Waals surface area contributed by atoms with Crippen molar-refractivity contribution in [3.63, 3.8) is 0 Å². The second-order valence-corrected chi connectivity index (χ2v) is 6.78.